The predicted molar refractivity (Wildman–Crippen MR) is 144 cm³/mol. The quantitative estimate of drug-likeness (QED) is 0.388. The van der Waals surface area contributed by atoms with Crippen LogP contribution in [0.15, 0.2) is 43.0 Å². The zero-order valence-corrected chi connectivity index (χ0v) is 22.2. The summed E-state index contributed by atoms with van der Waals surface area (Å²) < 4.78 is 3.35. The van der Waals surface area contributed by atoms with Crippen molar-refractivity contribution in [3.63, 3.8) is 0 Å². The molecule has 0 saturated carbocycles. The summed E-state index contributed by atoms with van der Waals surface area (Å²) in [7, 11) is 1.85. The highest BCUT2D eigenvalue weighted by Crippen LogP contribution is 2.26. The number of amides is 2. The van der Waals surface area contributed by atoms with Crippen molar-refractivity contribution in [2.24, 2.45) is 7.05 Å². The predicted octanol–water partition coefficient (Wildman–Crippen LogP) is 3.08. The highest BCUT2D eigenvalue weighted by Gasteiger charge is 2.29. The number of rotatable bonds is 7. The number of hydrogen-bond acceptors (Lipinski definition) is 7. The summed E-state index contributed by atoms with van der Waals surface area (Å²) in [5.74, 6) is -0.531. The van der Waals surface area contributed by atoms with E-state index in [9.17, 15) is 9.59 Å². The number of fused-ring (bicyclic) bond motifs is 1. The number of aryl methyl sites for hydroxylation is 2. The van der Waals surface area contributed by atoms with Gasteiger partial charge in [0.05, 0.1) is 23.1 Å². The number of aromatic nitrogens is 6. The van der Waals surface area contributed by atoms with Gasteiger partial charge in [0.2, 0.25) is 5.82 Å². The number of carbonyl (C=O) groups excluding carboxylic acids is 2. The van der Waals surface area contributed by atoms with Gasteiger partial charge in [-0.15, -0.1) is 10.2 Å². The van der Waals surface area contributed by atoms with E-state index in [0.29, 0.717) is 29.1 Å². The number of nitrogens with one attached hydrogen (secondary N) is 2. The zero-order chi connectivity index (χ0) is 26.9. The van der Waals surface area contributed by atoms with E-state index in [0.717, 1.165) is 24.2 Å². The van der Waals surface area contributed by atoms with E-state index in [-0.39, 0.29) is 17.3 Å². The minimum Gasteiger partial charge on any atom is -0.351 e. The fraction of sp³-hybridized carbons (Fsp3) is 0.407. The van der Waals surface area contributed by atoms with Crippen LogP contribution in [0.1, 0.15) is 59.8 Å². The van der Waals surface area contributed by atoms with E-state index in [1.54, 1.807) is 34.5 Å². The van der Waals surface area contributed by atoms with Crippen LogP contribution in [0.3, 0.4) is 0 Å². The molecular formula is C27H33N9O2. The zero-order valence-electron chi connectivity index (χ0n) is 22.2. The molecule has 0 atom stereocenters. The summed E-state index contributed by atoms with van der Waals surface area (Å²) in [6, 6.07) is 5.38. The molecule has 4 aromatic rings. The van der Waals surface area contributed by atoms with Gasteiger partial charge in [0.25, 0.3) is 11.8 Å². The van der Waals surface area contributed by atoms with Crippen LogP contribution >= 0.6 is 0 Å². The summed E-state index contributed by atoms with van der Waals surface area (Å²) in [6.07, 6.45) is 10.6. The first-order valence-electron chi connectivity index (χ1n) is 12.9. The van der Waals surface area contributed by atoms with Gasteiger partial charge in [0, 0.05) is 49.8 Å². The maximum Gasteiger partial charge on any atom is 0.294 e. The summed E-state index contributed by atoms with van der Waals surface area (Å²) in [6.45, 7) is 8.68. The van der Waals surface area contributed by atoms with Gasteiger partial charge in [-0.1, -0.05) is 6.42 Å². The largest absolute Gasteiger partial charge is 0.351 e. The minimum absolute atomic E-state index is 0.135. The maximum atomic E-state index is 13.1. The van der Waals surface area contributed by atoms with E-state index in [4.69, 9.17) is 0 Å². The van der Waals surface area contributed by atoms with Gasteiger partial charge < -0.3 is 10.6 Å². The van der Waals surface area contributed by atoms with E-state index in [1.807, 2.05) is 25.4 Å². The lowest BCUT2D eigenvalue weighted by Crippen LogP contribution is -2.50. The van der Waals surface area contributed by atoms with Crippen LogP contribution in [0.2, 0.25) is 0 Å². The second kappa shape index (κ2) is 10.3. The molecule has 2 amide bonds. The molecule has 38 heavy (non-hydrogen) atoms. The molecule has 11 heteroatoms. The number of anilines is 1. The third-order valence-electron chi connectivity index (χ3n) is 7.24. The average Bonchev–Trinajstić information content (AvgIpc) is 3.52. The molecule has 0 spiro atoms. The van der Waals surface area contributed by atoms with Crippen LogP contribution in [0.5, 0.6) is 0 Å². The topological polar surface area (TPSA) is 122 Å². The van der Waals surface area contributed by atoms with Crippen molar-refractivity contribution in [1.82, 2.24) is 39.6 Å². The molecule has 0 radical (unpaired) electrons. The lowest BCUT2D eigenvalue weighted by molar-refractivity contribution is 0.0745. The van der Waals surface area contributed by atoms with Gasteiger partial charge in [0.1, 0.15) is 0 Å². The lowest BCUT2D eigenvalue weighted by atomic mass is 9.90. The SMILES string of the molecule is Cc1ncc(C(=O)NCCN2CCCCC2(C)C)cc1NC(=O)c1nnc2cc(-c3cnn(C)c3)ccn12. The first-order valence-corrected chi connectivity index (χ1v) is 12.9. The Morgan fingerprint density at radius 1 is 1.08 bits per heavy atom. The molecule has 1 aliphatic rings. The molecule has 5 rings (SSSR count). The Labute approximate surface area is 221 Å². The lowest BCUT2D eigenvalue weighted by Gasteiger charge is -2.42. The second-order valence-corrected chi connectivity index (χ2v) is 10.4. The molecule has 0 bridgehead atoms. The molecule has 1 saturated heterocycles. The van der Waals surface area contributed by atoms with Crippen molar-refractivity contribution in [2.45, 2.75) is 45.6 Å². The van der Waals surface area contributed by atoms with Crippen molar-refractivity contribution in [1.29, 1.82) is 0 Å². The van der Waals surface area contributed by atoms with Gasteiger partial charge >= 0.3 is 0 Å². The molecule has 4 aromatic heterocycles. The summed E-state index contributed by atoms with van der Waals surface area (Å²) in [5, 5.41) is 18.3. The summed E-state index contributed by atoms with van der Waals surface area (Å²) in [5.41, 5.74) is 3.99. The van der Waals surface area contributed by atoms with Crippen molar-refractivity contribution < 1.29 is 9.59 Å². The van der Waals surface area contributed by atoms with E-state index in [2.05, 4.69) is 49.7 Å². The molecule has 0 aromatic carbocycles. The van der Waals surface area contributed by atoms with Crippen LogP contribution in [0, 0.1) is 6.92 Å². The van der Waals surface area contributed by atoms with Crippen LogP contribution in [-0.2, 0) is 7.05 Å². The van der Waals surface area contributed by atoms with Crippen molar-refractivity contribution in [3.05, 3.63) is 60.1 Å². The molecule has 1 aliphatic heterocycles. The summed E-state index contributed by atoms with van der Waals surface area (Å²) >= 11 is 0. The Morgan fingerprint density at radius 2 is 1.92 bits per heavy atom. The van der Waals surface area contributed by atoms with Gasteiger partial charge in [-0.25, -0.2) is 0 Å². The van der Waals surface area contributed by atoms with Crippen LogP contribution in [-0.4, -0.2) is 71.2 Å². The molecule has 0 unspecified atom stereocenters. The Bertz CT molecular complexity index is 1490. The second-order valence-electron chi connectivity index (χ2n) is 10.4. The Morgan fingerprint density at radius 3 is 2.68 bits per heavy atom. The Kier molecular flexibility index (Phi) is 6.94. The number of piperidine rings is 1. The average molecular weight is 516 g/mol. The first-order chi connectivity index (χ1) is 18.2. The maximum absolute atomic E-state index is 13.1. The third-order valence-corrected chi connectivity index (χ3v) is 7.24. The normalized spacial score (nSPS) is 15.5. The van der Waals surface area contributed by atoms with Crippen molar-refractivity contribution in [3.8, 4) is 11.1 Å². The Balaban J connectivity index is 1.26. The highest BCUT2D eigenvalue weighted by atomic mass is 16.2. The van der Waals surface area contributed by atoms with Gasteiger partial charge in [-0.3, -0.25) is 28.6 Å². The van der Waals surface area contributed by atoms with Gasteiger partial charge in [0.15, 0.2) is 5.65 Å². The fourth-order valence-corrected chi connectivity index (χ4v) is 4.90. The van der Waals surface area contributed by atoms with Gasteiger partial charge in [-0.05, 0) is 63.9 Å². The molecule has 2 N–H and O–H groups in total. The third kappa shape index (κ3) is 5.28. The molecule has 0 aliphatic carbocycles. The molecular weight excluding hydrogens is 482 g/mol. The molecule has 198 valence electrons. The highest BCUT2D eigenvalue weighted by molar-refractivity contribution is 6.03. The number of likely N-dealkylation sites (tertiary alicyclic amines) is 1. The number of carbonyl (C=O) groups is 2. The Hall–Kier alpha value is -4.12. The molecule has 5 heterocycles. The molecule has 11 nitrogen and oxygen atoms in total. The standard InChI is InChI=1S/C27H33N9O2/c1-18-22(13-20(15-29-18)25(37)28-9-12-35-10-6-5-8-27(35,2)3)31-26(38)24-33-32-23-14-19(7-11-36(23)24)21-16-30-34(4)17-21/h7,11,13-17H,5-6,8-10,12H2,1-4H3,(H,28,37)(H,31,38). The monoisotopic (exact) mass is 515 g/mol. The number of pyridine rings is 2. The number of hydrogen-bond donors (Lipinski definition) is 2. The van der Waals surface area contributed by atoms with Crippen molar-refractivity contribution in [2.75, 3.05) is 25.0 Å². The minimum atomic E-state index is -0.443. The van der Waals surface area contributed by atoms with E-state index >= 15 is 0 Å². The number of nitrogens with zero attached hydrogens (tertiary/aromatic N) is 7. The summed E-state index contributed by atoms with van der Waals surface area (Å²) in [4.78, 5) is 32.7. The van der Waals surface area contributed by atoms with E-state index < -0.39 is 5.91 Å². The van der Waals surface area contributed by atoms with Crippen LogP contribution in [0.25, 0.3) is 16.8 Å². The first kappa shape index (κ1) is 25.5. The molecule has 1 fully saturated rings. The van der Waals surface area contributed by atoms with Crippen molar-refractivity contribution >= 4 is 23.1 Å². The fourth-order valence-electron chi connectivity index (χ4n) is 4.90. The van der Waals surface area contributed by atoms with Crippen LogP contribution < -0.4 is 10.6 Å². The van der Waals surface area contributed by atoms with Gasteiger partial charge in [-0.2, -0.15) is 5.10 Å². The smallest absolute Gasteiger partial charge is 0.294 e. The van der Waals surface area contributed by atoms with Crippen LogP contribution in [0.4, 0.5) is 5.69 Å². The van der Waals surface area contributed by atoms with E-state index in [1.165, 1.54) is 25.5 Å².